The molecule has 2 nitrogen and oxygen atoms in total. The van der Waals surface area contributed by atoms with Crippen molar-refractivity contribution in [3.8, 4) is 0 Å². The van der Waals surface area contributed by atoms with E-state index in [1.807, 2.05) is 0 Å². The van der Waals surface area contributed by atoms with Crippen molar-refractivity contribution in [2.24, 2.45) is 0 Å². The maximum atomic E-state index is 2.37. The minimum Gasteiger partial charge on any atom is -0.323 e. The van der Waals surface area contributed by atoms with Gasteiger partial charge >= 0.3 is 0 Å². The van der Waals surface area contributed by atoms with Gasteiger partial charge in [-0.15, -0.1) is 0 Å². The van der Waals surface area contributed by atoms with Crippen molar-refractivity contribution in [1.29, 1.82) is 0 Å². The summed E-state index contributed by atoms with van der Waals surface area (Å²) in [6.45, 7) is 26.0. The standard InChI is InChI=1S/C51H108N2/c1-7-13-19-25-31-37-44-52(45-38-32-26-20-14-8-2,46-39-33-27-21-15-9-3)50-43-51-53(47-40-34-28-22-16-10-4,48-41-35-29-23-17-11-5)49-42-36-30-24-18-12-6/h7-51H2,1-6H3/q+2. The lowest BCUT2D eigenvalue weighted by molar-refractivity contribution is -0.946. The third-order valence-electron chi connectivity index (χ3n) is 13.2. The Hall–Kier alpha value is -0.0800. The number of unbranched alkanes of at least 4 members (excludes halogenated alkanes) is 30. The van der Waals surface area contributed by atoms with E-state index in [0.29, 0.717) is 0 Å². The third kappa shape index (κ3) is 33.7. The van der Waals surface area contributed by atoms with E-state index in [2.05, 4.69) is 41.5 Å². The predicted molar refractivity (Wildman–Crippen MR) is 244 cm³/mol. The SMILES string of the molecule is CCCCCCCC[N+](CCCCCCCC)(CCCCCCCC)CCC[N+](CCCCCCCC)(CCCCCCCC)CCCCCCCC. The van der Waals surface area contributed by atoms with Crippen LogP contribution in [-0.2, 0) is 0 Å². The lowest BCUT2D eigenvalue weighted by Crippen LogP contribution is -2.54. The summed E-state index contributed by atoms with van der Waals surface area (Å²) in [7, 11) is 0. The molecule has 0 atom stereocenters. The van der Waals surface area contributed by atoms with Crippen LogP contribution in [0.3, 0.4) is 0 Å². The number of hydrogen-bond donors (Lipinski definition) is 0. The molecule has 0 unspecified atom stereocenters. The van der Waals surface area contributed by atoms with Crippen LogP contribution in [-0.4, -0.2) is 61.3 Å². The summed E-state index contributed by atoms with van der Waals surface area (Å²) in [5, 5.41) is 0. The van der Waals surface area contributed by atoms with Crippen molar-refractivity contribution in [2.45, 2.75) is 279 Å². The first-order valence-electron chi connectivity index (χ1n) is 25.8. The van der Waals surface area contributed by atoms with Gasteiger partial charge in [-0.3, -0.25) is 0 Å². The van der Waals surface area contributed by atoms with E-state index < -0.39 is 0 Å². The second-order valence-corrected chi connectivity index (χ2v) is 18.4. The maximum absolute atomic E-state index is 2.37. The second kappa shape index (κ2) is 41.6. The normalized spacial score (nSPS) is 12.3. The van der Waals surface area contributed by atoms with Crippen LogP contribution in [0.5, 0.6) is 0 Å². The summed E-state index contributed by atoms with van der Waals surface area (Å²) in [6, 6.07) is 0. The molecular weight excluding hydrogens is 641 g/mol. The first-order valence-corrected chi connectivity index (χ1v) is 25.8. The van der Waals surface area contributed by atoms with Crippen LogP contribution < -0.4 is 0 Å². The number of quaternary nitrogens is 2. The molecule has 320 valence electrons. The Morgan fingerprint density at radius 2 is 0.283 bits per heavy atom. The molecule has 0 saturated heterocycles. The van der Waals surface area contributed by atoms with Gasteiger partial charge in [0.05, 0.1) is 52.4 Å². The van der Waals surface area contributed by atoms with Crippen molar-refractivity contribution in [3.05, 3.63) is 0 Å². The second-order valence-electron chi connectivity index (χ2n) is 18.4. The summed E-state index contributed by atoms with van der Waals surface area (Å²) < 4.78 is 2.95. The molecule has 0 aliphatic carbocycles. The Kier molecular flexibility index (Phi) is 41.5. The third-order valence-corrected chi connectivity index (χ3v) is 13.2. The molecule has 53 heavy (non-hydrogen) atoms. The van der Waals surface area contributed by atoms with Crippen LogP contribution in [0.2, 0.25) is 0 Å². The molecule has 0 spiro atoms. The zero-order valence-corrected chi connectivity index (χ0v) is 38.7. The zero-order valence-electron chi connectivity index (χ0n) is 38.7. The average Bonchev–Trinajstić information content (AvgIpc) is 3.16. The first-order chi connectivity index (χ1) is 26.1. The van der Waals surface area contributed by atoms with E-state index in [1.165, 1.54) is 299 Å². The quantitative estimate of drug-likeness (QED) is 0.0430. The molecule has 0 aliphatic rings. The fraction of sp³-hybridized carbons (Fsp3) is 1.00. The van der Waals surface area contributed by atoms with Gasteiger partial charge in [-0.2, -0.15) is 0 Å². The molecule has 2 heteroatoms. The van der Waals surface area contributed by atoms with Gasteiger partial charge in [0, 0.05) is 6.42 Å². The average molecular weight is 749 g/mol. The Bertz CT molecular complexity index is 536. The van der Waals surface area contributed by atoms with Crippen molar-refractivity contribution >= 4 is 0 Å². The van der Waals surface area contributed by atoms with E-state index >= 15 is 0 Å². The number of rotatable bonds is 46. The molecule has 0 aliphatic heterocycles. The summed E-state index contributed by atoms with van der Waals surface area (Å²) in [4.78, 5) is 0. The fourth-order valence-corrected chi connectivity index (χ4v) is 9.45. The van der Waals surface area contributed by atoms with Gasteiger partial charge in [-0.05, 0) is 77.0 Å². The molecule has 0 N–H and O–H groups in total. The highest BCUT2D eigenvalue weighted by atomic mass is 15.4. The molecule has 0 rings (SSSR count). The minimum absolute atomic E-state index is 1.37. The van der Waals surface area contributed by atoms with E-state index in [0.717, 1.165) is 0 Å². The summed E-state index contributed by atoms with van der Waals surface area (Å²) in [5.41, 5.74) is 0. The first kappa shape index (κ1) is 52.9. The smallest absolute Gasteiger partial charge is 0.0841 e. The van der Waals surface area contributed by atoms with Crippen LogP contribution in [0.1, 0.15) is 279 Å². The molecule has 0 heterocycles. The lowest BCUT2D eigenvalue weighted by atomic mass is 10.0. The minimum atomic E-state index is 1.37. The van der Waals surface area contributed by atoms with Crippen molar-refractivity contribution in [1.82, 2.24) is 0 Å². The van der Waals surface area contributed by atoms with Gasteiger partial charge in [0.25, 0.3) is 0 Å². The molecule has 0 amide bonds. The summed E-state index contributed by atoms with van der Waals surface area (Å²) in [6.07, 6.45) is 53.6. The highest BCUT2D eigenvalue weighted by Crippen LogP contribution is 2.23. The molecule has 0 fully saturated rings. The zero-order chi connectivity index (χ0) is 38.8. The maximum Gasteiger partial charge on any atom is 0.0841 e. The van der Waals surface area contributed by atoms with E-state index in [-0.39, 0.29) is 0 Å². The molecule has 0 saturated carbocycles. The Labute approximate surface area is 339 Å². The van der Waals surface area contributed by atoms with E-state index in [4.69, 9.17) is 0 Å². The van der Waals surface area contributed by atoms with Crippen molar-refractivity contribution in [2.75, 3.05) is 52.4 Å². The topological polar surface area (TPSA) is 0 Å². The molecule has 0 aromatic heterocycles. The number of hydrogen-bond acceptors (Lipinski definition) is 0. The van der Waals surface area contributed by atoms with Crippen LogP contribution >= 0.6 is 0 Å². The highest BCUT2D eigenvalue weighted by Gasteiger charge is 2.31. The van der Waals surface area contributed by atoms with Gasteiger partial charge in [-0.1, -0.05) is 196 Å². The van der Waals surface area contributed by atoms with E-state index in [9.17, 15) is 0 Å². The van der Waals surface area contributed by atoms with Crippen LogP contribution in [0.25, 0.3) is 0 Å². The Balaban J connectivity index is 6.01. The highest BCUT2D eigenvalue weighted by molar-refractivity contribution is 4.58. The predicted octanol–water partition coefficient (Wildman–Crippen LogP) is 17.2. The number of nitrogens with zero attached hydrogens (tertiary/aromatic N) is 2. The van der Waals surface area contributed by atoms with Gasteiger partial charge in [0.1, 0.15) is 0 Å². The van der Waals surface area contributed by atoms with Crippen molar-refractivity contribution < 1.29 is 8.97 Å². The Morgan fingerprint density at radius 1 is 0.151 bits per heavy atom. The Morgan fingerprint density at radius 3 is 0.453 bits per heavy atom. The van der Waals surface area contributed by atoms with Gasteiger partial charge in [0.15, 0.2) is 0 Å². The molecule has 0 aromatic carbocycles. The van der Waals surface area contributed by atoms with Gasteiger partial charge in [-0.25, -0.2) is 0 Å². The van der Waals surface area contributed by atoms with Gasteiger partial charge in [0.2, 0.25) is 0 Å². The van der Waals surface area contributed by atoms with E-state index in [1.54, 1.807) is 0 Å². The van der Waals surface area contributed by atoms with Gasteiger partial charge < -0.3 is 8.97 Å². The largest absolute Gasteiger partial charge is 0.323 e. The molecule has 0 aromatic rings. The van der Waals surface area contributed by atoms with Crippen LogP contribution in [0, 0.1) is 0 Å². The summed E-state index contributed by atoms with van der Waals surface area (Å²) in [5.74, 6) is 0. The van der Waals surface area contributed by atoms with Crippen molar-refractivity contribution in [3.63, 3.8) is 0 Å². The monoisotopic (exact) mass is 749 g/mol. The van der Waals surface area contributed by atoms with Crippen LogP contribution in [0.4, 0.5) is 0 Å². The molecular formula is C51H108N2+2. The fourth-order valence-electron chi connectivity index (χ4n) is 9.45. The van der Waals surface area contributed by atoms with Crippen LogP contribution in [0.15, 0.2) is 0 Å². The molecule has 0 bridgehead atoms. The summed E-state index contributed by atoms with van der Waals surface area (Å²) >= 11 is 0. The molecule has 0 radical (unpaired) electrons. The lowest BCUT2D eigenvalue weighted by Gasteiger charge is -2.43.